The van der Waals surface area contributed by atoms with Gasteiger partial charge >= 0.3 is 6.03 Å². The van der Waals surface area contributed by atoms with E-state index in [9.17, 15) is 14.7 Å². The molecule has 4 N–H and O–H groups in total. The Morgan fingerprint density at radius 2 is 1.89 bits per heavy atom. The van der Waals surface area contributed by atoms with Crippen LogP contribution >= 0.6 is 0 Å². The van der Waals surface area contributed by atoms with Gasteiger partial charge in [0.1, 0.15) is 18.3 Å². The number of ether oxygens (including phenoxy) is 2. The Morgan fingerprint density at radius 3 is 2.61 bits per heavy atom. The fraction of sp³-hybridized carbons (Fsp3) is 0.600. The van der Waals surface area contributed by atoms with E-state index in [-0.39, 0.29) is 30.7 Å². The maximum absolute atomic E-state index is 12.0. The van der Waals surface area contributed by atoms with Crippen LogP contribution in [0.25, 0.3) is 0 Å². The second-order valence-corrected chi connectivity index (χ2v) is 7.76. The van der Waals surface area contributed by atoms with E-state index in [2.05, 4.69) is 16.0 Å². The SMILES string of the molecule is O=C(CC1CC2OC(CNC(=O)NCc3ccccc3)C(O)C2O1)NC1CC1. The molecule has 4 rings (SSSR count). The van der Waals surface area contributed by atoms with E-state index >= 15 is 0 Å². The minimum atomic E-state index is -0.823. The monoisotopic (exact) mass is 389 g/mol. The van der Waals surface area contributed by atoms with Crippen molar-refractivity contribution >= 4 is 11.9 Å². The average Bonchev–Trinajstić information content (AvgIpc) is 3.34. The van der Waals surface area contributed by atoms with Gasteiger partial charge in [-0.3, -0.25) is 4.79 Å². The third kappa shape index (κ3) is 4.81. The van der Waals surface area contributed by atoms with Crippen LogP contribution in [0.3, 0.4) is 0 Å². The molecule has 28 heavy (non-hydrogen) atoms. The summed E-state index contributed by atoms with van der Waals surface area (Å²) in [5, 5.41) is 18.9. The molecule has 1 aromatic rings. The second-order valence-electron chi connectivity index (χ2n) is 7.76. The topological polar surface area (TPSA) is 109 Å². The summed E-state index contributed by atoms with van der Waals surface area (Å²) in [6.07, 6.45) is 0.725. The summed E-state index contributed by atoms with van der Waals surface area (Å²) < 4.78 is 11.7. The summed E-state index contributed by atoms with van der Waals surface area (Å²) in [7, 11) is 0. The quantitative estimate of drug-likeness (QED) is 0.541. The van der Waals surface area contributed by atoms with Crippen LogP contribution in [-0.4, -0.2) is 60.2 Å². The number of aliphatic hydroxyl groups is 1. The van der Waals surface area contributed by atoms with Crippen molar-refractivity contribution in [2.45, 2.75) is 68.8 Å². The van der Waals surface area contributed by atoms with Crippen LogP contribution in [-0.2, 0) is 20.8 Å². The normalized spacial score (nSPS) is 31.2. The van der Waals surface area contributed by atoms with Crippen LogP contribution in [0.1, 0.15) is 31.2 Å². The highest BCUT2D eigenvalue weighted by atomic mass is 16.6. The summed E-state index contributed by atoms with van der Waals surface area (Å²) in [5.74, 6) is -0.00438. The Morgan fingerprint density at radius 1 is 1.11 bits per heavy atom. The van der Waals surface area contributed by atoms with Crippen molar-refractivity contribution in [3.05, 3.63) is 35.9 Å². The fourth-order valence-electron chi connectivity index (χ4n) is 3.76. The third-order valence-corrected chi connectivity index (χ3v) is 5.39. The molecule has 3 amide bonds. The lowest BCUT2D eigenvalue weighted by Gasteiger charge is -2.20. The molecule has 5 atom stereocenters. The van der Waals surface area contributed by atoms with E-state index in [1.165, 1.54) is 0 Å². The van der Waals surface area contributed by atoms with Gasteiger partial charge in [0.15, 0.2) is 0 Å². The van der Waals surface area contributed by atoms with E-state index in [0.29, 0.717) is 25.4 Å². The molecule has 5 unspecified atom stereocenters. The summed E-state index contributed by atoms with van der Waals surface area (Å²) >= 11 is 0. The van der Waals surface area contributed by atoms with E-state index < -0.39 is 18.3 Å². The number of urea groups is 1. The molecule has 1 aromatic carbocycles. The van der Waals surface area contributed by atoms with Gasteiger partial charge < -0.3 is 30.5 Å². The van der Waals surface area contributed by atoms with Crippen LogP contribution in [0, 0.1) is 0 Å². The number of carbonyl (C=O) groups excluding carboxylic acids is 2. The first kappa shape index (κ1) is 19.2. The van der Waals surface area contributed by atoms with Crippen LogP contribution in [0.5, 0.6) is 0 Å². The molecule has 8 heteroatoms. The Hall–Kier alpha value is -2.16. The molecule has 0 spiro atoms. The predicted molar refractivity (Wildman–Crippen MR) is 100 cm³/mol. The van der Waals surface area contributed by atoms with Crippen molar-refractivity contribution in [3.8, 4) is 0 Å². The minimum Gasteiger partial charge on any atom is -0.388 e. The summed E-state index contributed by atoms with van der Waals surface area (Å²) in [6, 6.07) is 9.64. The maximum Gasteiger partial charge on any atom is 0.315 e. The van der Waals surface area contributed by atoms with Crippen molar-refractivity contribution in [2.75, 3.05) is 6.54 Å². The lowest BCUT2D eigenvalue weighted by molar-refractivity contribution is -0.124. The number of amides is 3. The van der Waals surface area contributed by atoms with Gasteiger partial charge in [0, 0.05) is 25.6 Å². The second kappa shape index (κ2) is 8.46. The average molecular weight is 389 g/mol. The Labute approximate surface area is 164 Å². The van der Waals surface area contributed by atoms with Gasteiger partial charge in [0.2, 0.25) is 5.91 Å². The first-order valence-electron chi connectivity index (χ1n) is 9.92. The van der Waals surface area contributed by atoms with Crippen molar-refractivity contribution in [2.24, 2.45) is 0 Å². The van der Waals surface area contributed by atoms with Gasteiger partial charge in [-0.2, -0.15) is 0 Å². The molecule has 2 aliphatic heterocycles. The van der Waals surface area contributed by atoms with Gasteiger partial charge in [-0.25, -0.2) is 4.79 Å². The van der Waals surface area contributed by atoms with Crippen LogP contribution in [0.15, 0.2) is 30.3 Å². The fourth-order valence-corrected chi connectivity index (χ4v) is 3.76. The molecular formula is C20H27N3O5. The summed E-state index contributed by atoms with van der Waals surface area (Å²) in [4.78, 5) is 23.9. The molecule has 0 radical (unpaired) electrons. The highest BCUT2D eigenvalue weighted by Gasteiger charge is 2.50. The first-order chi connectivity index (χ1) is 13.6. The van der Waals surface area contributed by atoms with Crippen LogP contribution in [0.4, 0.5) is 4.79 Å². The molecule has 2 heterocycles. The number of hydrogen-bond acceptors (Lipinski definition) is 5. The number of nitrogens with one attached hydrogen (secondary N) is 3. The van der Waals surface area contributed by atoms with Gasteiger partial charge in [-0.15, -0.1) is 0 Å². The molecule has 0 aromatic heterocycles. The number of hydrogen-bond donors (Lipinski definition) is 4. The summed E-state index contributed by atoms with van der Waals surface area (Å²) in [5.41, 5.74) is 1.01. The van der Waals surface area contributed by atoms with E-state index in [0.717, 1.165) is 18.4 Å². The molecule has 1 aliphatic carbocycles. The number of benzene rings is 1. The third-order valence-electron chi connectivity index (χ3n) is 5.39. The highest BCUT2D eigenvalue weighted by Crippen LogP contribution is 2.35. The number of rotatable bonds is 7. The summed E-state index contributed by atoms with van der Waals surface area (Å²) in [6.45, 7) is 0.630. The van der Waals surface area contributed by atoms with Gasteiger partial charge in [-0.1, -0.05) is 30.3 Å². The number of aliphatic hydroxyl groups excluding tert-OH is 1. The highest BCUT2D eigenvalue weighted by molar-refractivity contribution is 5.77. The molecule has 152 valence electrons. The zero-order chi connectivity index (χ0) is 19.5. The van der Waals surface area contributed by atoms with Crippen molar-refractivity contribution < 1.29 is 24.2 Å². The minimum absolute atomic E-state index is 0.00438. The first-order valence-corrected chi connectivity index (χ1v) is 9.92. The van der Waals surface area contributed by atoms with E-state index in [1.54, 1.807) is 0 Å². The van der Waals surface area contributed by atoms with Gasteiger partial charge in [0.25, 0.3) is 0 Å². The van der Waals surface area contributed by atoms with Gasteiger partial charge in [0.05, 0.1) is 18.6 Å². The van der Waals surface area contributed by atoms with Gasteiger partial charge in [-0.05, 0) is 18.4 Å². The van der Waals surface area contributed by atoms with Crippen molar-refractivity contribution in [3.63, 3.8) is 0 Å². The Bertz CT molecular complexity index is 696. The largest absolute Gasteiger partial charge is 0.388 e. The molecule has 3 fully saturated rings. The molecule has 1 saturated carbocycles. The van der Waals surface area contributed by atoms with Crippen LogP contribution in [0.2, 0.25) is 0 Å². The molecule has 2 saturated heterocycles. The molecule has 8 nitrogen and oxygen atoms in total. The molecule has 0 bridgehead atoms. The predicted octanol–water partition coefficient (Wildman–Crippen LogP) is 0.440. The zero-order valence-electron chi connectivity index (χ0n) is 15.7. The van der Waals surface area contributed by atoms with Crippen molar-refractivity contribution in [1.29, 1.82) is 0 Å². The smallest absolute Gasteiger partial charge is 0.315 e. The standard InChI is InChI=1S/C20H27N3O5/c24-17(23-13-6-7-13)9-14-8-15-19(27-14)18(25)16(28-15)11-22-20(26)21-10-12-4-2-1-3-5-12/h1-5,13-16,18-19,25H,6-11H2,(H,23,24)(H2,21,22,26). The lowest BCUT2D eigenvalue weighted by Crippen LogP contribution is -2.44. The zero-order valence-corrected chi connectivity index (χ0v) is 15.7. The number of carbonyl (C=O) groups is 2. The number of fused-ring (bicyclic) bond motifs is 1. The molecular weight excluding hydrogens is 362 g/mol. The Balaban J connectivity index is 1.16. The van der Waals surface area contributed by atoms with Crippen LogP contribution < -0.4 is 16.0 Å². The lowest BCUT2D eigenvalue weighted by atomic mass is 10.1. The Kier molecular flexibility index (Phi) is 5.79. The van der Waals surface area contributed by atoms with Crippen molar-refractivity contribution in [1.82, 2.24) is 16.0 Å². The maximum atomic E-state index is 12.0. The van der Waals surface area contributed by atoms with E-state index in [1.807, 2.05) is 30.3 Å². The molecule has 3 aliphatic rings. The van der Waals surface area contributed by atoms with E-state index in [4.69, 9.17) is 9.47 Å².